The van der Waals surface area contributed by atoms with Gasteiger partial charge in [-0.2, -0.15) is 0 Å². The first-order chi connectivity index (χ1) is 9.58. The zero-order valence-electron chi connectivity index (χ0n) is 12.5. The van der Waals surface area contributed by atoms with E-state index in [1.807, 2.05) is 6.07 Å². The molecule has 0 radical (unpaired) electrons. The second kappa shape index (κ2) is 8.08. The Kier molecular flexibility index (Phi) is 7.06. The molecule has 2 rings (SSSR count). The smallest absolute Gasteiger partial charge is 0.193 e. The van der Waals surface area contributed by atoms with Gasteiger partial charge in [-0.15, -0.1) is 24.0 Å². The maximum atomic E-state index is 6.07. The van der Waals surface area contributed by atoms with Gasteiger partial charge in [0.1, 0.15) is 5.75 Å². The topological polar surface area (TPSA) is 59.6 Å². The summed E-state index contributed by atoms with van der Waals surface area (Å²) >= 11 is 6.07. The molecule has 1 aromatic rings. The van der Waals surface area contributed by atoms with E-state index < -0.39 is 0 Å². The number of methoxy groups -OCH3 is 1. The van der Waals surface area contributed by atoms with Crippen molar-refractivity contribution in [2.75, 3.05) is 19.0 Å². The van der Waals surface area contributed by atoms with E-state index in [0.29, 0.717) is 22.1 Å². The molecule has 1 aromatic carbocycles. The van der Waals surface area contributed by atoms with Gasteiger partial charge in [-0.3, -0.25) is 4.99 Å². The molecule has 0 heterocycles. The van der Waals surface area contributed by atoms with E-state index in [0.717, 1.165) is 18.7 Å². The van der Waals surface area contributed by atoms with E-state index in [1.54, 1.807) is 19.2 Å². The molecule has 0 saturated heterocycles. The van der Waals surface area contributed by atoms with Crippen LogP contribution in [0.3, 0.4) is 0 Å². The summed E-state index contributed by atoms with van der Waals surface area (Å²) in [5, 5.41) is 3.62. The second-order valence-electron chi connectivity index (χ2n) is 5.38. The monoisotopic (exact) mass is 423 g/mol. The molecule has 0 aromatic heterocycles. The van der Waals surface area contributed by atoms with Crippen LogP contribution in [0.5, 0.6) is 5.75 Å². The molecule has 0 atom stereocenters. The van der Waals surface area contributed by atoms with E-state index in [1.165, 1.54) is 19.3 Å². The molecule has 4 nitrogen and oxygen atoms in total. The Labute approximate surface area is 148 Å². The Morgan fingerprint density at radius 1 is 1.48 bits per heavy atom. The van der Waals surface area contributed by atoms with E-state index in [-0.39, 0.29) is 24.0 Å². The average Bonchev–Trinajstić information content (AvgIpc) is 2.38. The van der Waals surface area contributed by atoms with Gasteiger partial charge in [-0.05, 0) is 42.9 Å². The van der Waals surface area contributed by atoms with Gasteiger partial charge >= 0.3 is 0 Å². The predicted octanol–water partition coefficient (Wildman–Crippen LogP) is 4.27. The van der Waals surface area contributed by atoms with Crippen molar-refractivity contribution in [2.45, 2.75) is 32.6 Å². The zero-order chi connectivity index (χ0) is 14.6. The number of rotatable bonds is 5. The van der Waals surface area contributed by atoms with E-state index >= 15 is 0 Å². The highest BCUT2D eigenvalue weighted by Gasteiger charge is 2.34. The molecular weight excluding hydrogens is 401 g/mol. The fourth-order valence-corrected chi connectivity index (χ4v) is 2.74. The standard InChI is InChI=1S/C15H22ClN3O.HI/c1-3-15(7-4-8-15)10-18-14(17)19-11-5-6-13(20-2)12(16)9-11;/h5-6,9H,3-4,7-8,10H2,1-2H3,(H3,17,18,19);1H. The lowest BCUT2D eigenvalue weighted by Gasteiger charge is -2.40. The molecule has 0 unspecified atom stereocenters. The lowest BCUT2D eigenvalue weighted by molar-refractivity contribution is 0.139. The molecule has 0 aliphatic heterocycles. The van der Waals surface area contributed by atoms with Gasteiger partial charge < -0.3 is 15.8 Å². The Balaban J connectivity index is 0.00000220. The third-order valence-electron chi connectivity index (χ3n) is 4.17. The van der Waals surface area contributed by atoms with E-state index in [4.69, 9.17) is 22.1 Å². The summed E-state index contributed by atoms with van der Waals surface area (Å²) in [6.45, 7) is 3.02. The zero-order valence-corrected chi connectivity index (χ0v) is 15.6. The molecule has 0 amide bonds. The molecule has 6 heteroatoms. The summed E-state index contributed by atoms with van der Waals surface area (Å²) in [7, 11) is 1.59. The van der Waals surface area contributed by atoms with Gasteiger partial charge in [0.05, 0.1) is 12.1 Å². The third kappa shape index (κ3) is 4.64. The first-order valence-electron chi connectivity index (χ1n) is 6.99. The first-order valence-corrected chi connectivity index (χ1v) is 7.37. The molecule has 1 aliphatic carbocycles. The van der Waals surface area contributed by atoms with Crippen LogP contribution >= 0.6 is 35.6 Å². The van der Waals surface area contributed by atoms with Gasteiger partial charge in [0, 0.05) is 12.2 Å². The normalized spacial score (nSPS) is 16.6. The number of aliphatic imine (C=N–C) groups is 1. The fraction of sp³-hybridized carbons (Fsp3) is 0.533. The van der Waals surface area contributed by atoms with Gasteiger partial charge in [-0.1, -0.05) is 24.9 Å². The minimum Gasteiger partial charge on any atom is -0.495 e. The van der Waals surface area contributed by atoms with Gasteiger partial charge in [0.15, 0.2) is 5.96 Å². The molecule has 0 spiro atoms. The van der Waals surface area contributed by atoms with Crippen molar-refractivity contribution < 1.29 is 4.74 Å². The Morgan fingerprint density at radius 3 is 2.67 bits per heavy atom. The molecular formula is C15H23ClIN3O. The number of ether oxygens (including phenoxy) is 1. The van der Waals surface area contributed by atoms with Crippen molar-refractivity contribution in [1.29, 1.82) is 0 Å². The Bertz CT molecular complexity index is 498. The predicted molar refractivity (Wildman–Crippen MR) is 100 cm³/mol. The van der Waals surface area contributed by atoms with Crippen LogP contribution in [0.4, 0.5) is 5.69 Å². The van der Waals surface area contributed by atoms with Crippen molar-refractivity contribution in [1.82, 2.24) is 0 Å². The number of anilines is 1. The minimum absolute atomic E-state index is 0. The van der Waals surface area contributed by atoms with Crippen LogP contribution in [0.1, 0.15) is 32.6 Å². The van der Waals surface area contributed by atoms with Crippen LogP contribution in [-0.4, -0.2) is 19.6 Å². The van der Waals surface area contributed by atoms with Crippen molar-refractivity contribution in [3.05, 3.63) is 23.2 Å². The summed E-state index contributed by atoms with van der Waals surface area (Å²) < 4.78 is 5.11. The van der Waals surface area contributed by atoms with Crippen molar-refractivity contribution in [3.63, 3.8) is 0 Å². The molecule has 1 fully saturated rings. The maximum Gasteiger partial charge on any atom is 0.193 e. The number of hydrogen-bond acceptors (Lipinski definition) is 2. The number of guanidine groups is 1. The van der Waals surface area contributed by atoms with Gasteiger partial charge in [0.25, 0.3) is 0 Å². The van der Waals surface area contributed by atoms with E-state index in [2.05, 4.69) is 17.2 Å². The van der Waals surface area contributed by atoms with Crippen LogP contribution in [-0.2, 0) is 0 Å². The van der Waals surface area contributed by atoms with Gasteiger partial charge in [-0.25, -0.2) is 0 Å². The third-order valence-corrected chi connectivity index (χ3v) is 4.47. The molecule has 21 heavy (non-hydrogen) atoms. The molecule has 3 N–H and O–H groups in total. The van der Waals surface area contributed by atoms with Crippen LogP contribution in [0.25, 0.3) is 0 Å². The quantitative estimate of drug-likeness (QED) is 0.422. The highest BCUT2D eigenvalue weighted by Crippen LogP contribution is 2.43. The summed E-state index contributed by atoms with van der Waals surface area (Å²) in [5.41, 5.74) is 7.13. The van der Waals surface area contributed by atoms with Crippen LogP contribution in [0.2, 0.25) is 5.02 Å². The lowest BCUT2D eigenvalue weighted by Crippen LogP contribution is -2.33. The van der Waals surface area contributed by atoms with Crippen molar-refractivity contribution >= 4 is 47.2 Å². The summed E-state index contributed by atoms with van der Waals surface area (Å²) in [5.74, 6) is 1.08. The van der Waals surface area contributed by atoms with Crippen molar-refractivity contribution in [3.8, 4) is 5.75 Å². The summed E-state index contributed by atoms with van der Waals surface area (Å²) in [6.07, 6.45) is 4.99. The molecule has 1 saturated carbocycles. The highest BCUT2D eigenvalue weighted by atomic mass is 127. The SMILES string of the molecule is CCC1(CN=C(N)Nc2ccc(OC)c(Cl)c2)CCC1.I. The van der Waals surface area contributed by atoms with Gasteiger partial charge in [0.2, 0.25) is 0 Å². The summed E-state index contributed by atoms with van der Waals surface area (Å²) in [4.78, 5) is 4.47. The number of nitrogens with one attached hydrogen (secondary N) is 1. The summed E-state index contributed by atoms with van der Waals surface area (Å²) in [6, 6.07) is 5.45. The fourth-order valence-electron chi connectivity index (χ4n) is 2.48. The number of halogens is 2. The van der Waals surface area contributed by atoms with E-state index in [9.17, 15) is 0 Å². The highest BCUT2D eigenvalue weighted by molar-refractivity contribution is 14.0. The number of nitrogens with zero attached hydrogens (tertiary/aromatic N) is 1. The Hall–Kier alpha value is -0.690. The molecule has 1 aliphatic rings. The number of nitrogens with two attached hydrogens (primary N) is 1. The van der Waals surface area contributed by atoms with Crippen LogP contribution in [0.15, 0.2) is 23.2 Å². The maximum absolute atomic E-state index is 6.07. The Morgan fingerprint density at radius 2 is 2.19 bits per heavy atom. The first kappa shape index (κ1) is 18.4. The molecule has 0 bridgehead atoms. The van der Waals surface area contributed by atoms with Crippen LogP contribution in [0, 0.1) is 5.41 Å². The number of hydrogen-bond donors (Lipinski definition) is 2. The average molecular weight is 424 g/mol. The minimum atomic E-state index is 0. The molecule has 118 valence electrons. The second-order valence-corrected chi connectivity index (χ2v) is 5.79. The number of benzene rings is 1. The van der Waals surface area contributed by atoms with Crippen LogP contribution < -0.4 is 15.8 Å². The van der Waals surface area contributed by atoms with Crippen molar-refractivity contribution in [2.24, 2.45) is 16.1 Å². The lowest BCUT2D eigenvalue weighted by atomic mass is 9.67. The largest absolute Gasteiger partial charge is 0.495 e.